The Balaban J connectivity index is 2.57. The zero-order valence-corrected chi connectivity index (χ0v) is 27.8. The number of ether oxygens (including phenoxy) is 2. The van der Waals surface area contributed by atoms with Crippen LogP contribution in [0.5, 0.6) is 5.75 Å². The van der Waals surface area contributed by atoms with Crippen LogP contribution in [0.25, 0.3) is 0 Å². The number of hydrogen-bond acceptors (Lipinski definition) is 8. The first kappa shape index (κ1) is 37.6. The highest BCUT2D eigenvalue weighted by Crippen LogP contribution is 2.26. The number of phenols is 1. The Kier molecular flexibility index (Phi) is 13.6. The van der Waals surface area contributed by atoms with Crippen LogP contribution < -0.4 is 16.4 Å². The molecule has 0 aliphatic rings. The van der Waals surface area contributed by atoms with E-state index in [4.69, 9.17) is 15.2 Å². The number of alkyl carbamates (subject to hydrolysis) is 1. The summed E-state index contributed by atoms with van der Waals surface area (Å²) in [6.45, 7) is 12.0. The molecule has 4 amide bonds. The molecule has 5 N–H and O–H groups in total. The monoisotopic (exact) mass is 640 g/mol. The SMILES string of the molecule is CCCN(C(=O)C(CCC(N)=O)NC(=O)OC(C)(C)C)C(C(=O)NC(Cc1ccccc1)C(=O)OC(C)(C)C)c1ccc(O)cc1. The van der Waals surface area contributed by atoms with Crippen LogP contribution >= 0.6 is 0 Å². The fourth-order valence-electron chi connectivity index (χ4n) is 4.60. The Morgan fingerprint density at radius 3 is 1.96 bits per heavy atom. The molecule has 0 bridgehead atoms. The van der Waals surface area contributed by atoms with Crippen LogP contribution in [0.1, 0.15) is 84.9 Å². The summed E-state index contributed by atoms with van der Waals surface area (Å²) in [6.07, 6.45) is -0.716. The number of phenolic OH excluding ortho intramolecular Hbond substituents is 1. The third kappa shape index (κ3) is 12.8. The van der Waals surface area contributed by atoms with Gasteiger partial charge in [-0.3, -0.25) is 14.4 Å². The van der Waals surface area contributed by atoms with Gasteiger partial charge in [0, 0.05) is 19.4 Å². The van der Waals surface area contributed by atoms with Gasteiger partial charge in [0.25, 0.3) is 0 Å². The summed E-state index contributed by atoms with van der Waals surface area (Å²) >= 11 is 0. The van der Waals surface area contributed by atoms with E-state index in [2.05, 4.69) is 10.6 Å². The smallest absolute Gasteiger partial charge is 0.408 e. The molecule has 3 atom stereocenters. The lowest BCUT2D eigenvalue weighted by Gasteiger charge is -2.35. The number of nitrogens with one attached hydrogen (secondary N) is 2. The maximum Gasteiger partial charge on any atom is 0.408 e. The lowest BCUT2D eigenvalue weighted by Crippen LogP contribution is -2.55. The molecule has 0 aromatic heterocycles. The number of aromatic hydroxyl groups is 1. The summed E-state index contributed by atoms with van der Waals surface area (Å²) in [4.78, 5) is 67.5. The molecule has 2 rings (SSSR count). The minimum absolute atomic E-state index is 0.0575. The number of nitrogens with zero attached hydrogens (tertiary/aromatic N) is 1. The van der Waals surface area contributed by atoms with Crippen LogP contribution in [0.4, 0.5) is 4.79 Å². The maximum absolute atomic E-state index is 14.3. The second kappa shape index (κ2) is 16.6. The molecule has 0 radical (unpaired) electrons. The molecule has 2 aromatic rings. The number of carbonyl (C=O) groups is 5. The van der Waals surface area contributed by atoms with Crippen molar-refractivity contribution >= 4 is 29.8 Å². The van der Waals surface area contributed by atoms with Crippen LogP contribution in [0.15, 0.2) is 54.6 Å². The molecule has 3 unspecified atom stereocenters. The Hall–Kier alpha value is -4.61. The van der Waals surface area contributed by atoms with E-state index in [0.717, 1.165) is 5.56 Å². The fraction of sp³-hybridized carbons (Fsp3) is 0.500. The van der Waals surface area contributed by atoms with Crippen molar-refractivity contribution in [2.75, 3.05) is 6.54 Å². The number of rotatable bonds is 14. The average Bonchev–Trinajstić information content (AvgIpc) is 2.94. The summed E-state index contributed by atoms with van der Waals surface area (Å²) in [5.41, 5.74) is 4.78. The number of benzene rings is 2. The van der Waals surface area contributed by atoms with Crippen molar-refractivity contribution < 1.29 is 38.6 Å². The van der Waals surface area contributed by atoms with Crippen LogP contribution in [0, 0.1) is 0 Å². The Labute approximate surface area is 271 Å². The van der Waals surface area contributed by atoms with Crippen molar-refractivity contribution in [3.05, 3.63) is 65.7 Å². The Bertz CT molecular complexity index is 1330. The molecule has 46 heavy (non-hydrogen) atoms. The number of hydrogen-bond donors (Lipinski definition) is 4. The molecule has 0 heterocycles. The van der Waals surface area contributed by atoms with Gasteiger partial charge in [-0.2, -0.15) is 0 Å². The third-order valence-electron chi connectivity index (χ3n) is 6.48. The lowest BCUT2D eigenvalue weighted by atomic mass is 9.99. The fourth-order valence-corrected chi connectivity index (χ4v) is 4.60. The van der Waals surface area contributed by atoms with E-state index in [1.54, 1.807) is 41.5 Å². The first-order valence-electron chi connectivity index (χ1n) is 15.3. The summed E-state index contributed by atoms with van der Waals surface area (Å²) < 4.78 is 11.0. The zero-order valence-electron chi connectivity index (χ0n) is 27.8. The summed E-state index contributed by atoms with van der Waals surface area (Å²) in [5.74, 6) is -2.75. The lowest BCUT2D eigenvalue weighted by molar-refractivity contribution is -0.159. The molecule has 12 heteroatoms. The highest BCUT2D eigenvalue weighted by atomic mass is 16.6. The summed E-state index contributed by atoms with van der Waals surface area (Å²) in [6, 6.07) is 11.2. The first-order valence-corrected chi connectivity index (χ1v) is 15.3. The number of primary amides is 1. The second-order valence-electron chi connectivity index (χ2n) is 13.0. The summed E-state index contributed by atoms with van der Waals surface area (Å²) in [7, 11) is 0. The Morgan fingerprint density at radius 2 is 1.43 bits per heavy atom. The van der Waals surface area contributed by atoms with Crippen LogP contribution in [-0.4, -0.2) is 69.6 Å². The molecule has 0 aliphatic heterocycles. The van der Waals surface area contributed by atoms with Crippen LogP contribution in [-0.2, 0) is 35.1 Å². The molecular weight excluding hydrogens is 592 g/mol. The van der Waals surface area contributed by atoms with E-state index < -0.39 is 59.1 Å². The van der Waals surface area contributed by atoms with Crippen molar-refractivity contribution in [3.63, 3.8) is 0 Å². The summed E-state index contributed by atoms with van der Waals surface area (Å²) in [5, 5.41) is 15.3. The third-order valence-corrected chi connectivity index (χ3v) is 6.48. The first-order chi connectivity index (χ1) is 21.4. The van der Waals surface area contributed by atoms with Gasteiger partial charge < -0.3 is 35.8 Å². The van der Waals surface area contributed by atoms with Crippen LogP contribution in [0.3, 0.4) is 0 Å². The predicted molar refractivity (Wildman–Crippen MR) is 172 cm³/mol. The normalized spacial score (nSPS) is 13.5. The molecule has 0 fully saturated rings. The minimum atomic E-state index is -1.30. The van der Waals surface area contributed by atoms with Gasteiger partial charge in [0.2, 0.25) is 17.7 Å². The Morgan fingerprint density at radius 1 is 0.848 bits per heavy atom. The van der Waals surface area contributed by atoms with Crippen molar-refractivity contribution in [2.45, 2.75) is 103 Å². The van der Waals surface area contributed by atoms with Gasteiger partial charge in [-0.1, -0.05) is 49.4 Å². The van der Waals surface area contributed by atoms with Gasteiger partial charge in [0.1, 0.15) is 35.1 Å². The highest BCUT2D eigenvalue weighted by molar-refractivity contribution is 5.94. The predicted octanol–water partition coefficient (Wildman–Crippen LogP) is 3.90. The maximum atomic E-state index is 14.3. The van der Waals surface area contributed by atoms with E-state index >= 15 is 0 Å². The van der Waals surface area contributed by atoms with E-state index in [9.17, 15) is 29.1 Å². The molecule has 252 valence electrons. The zero-order chi connectivity index (χ0) is 34.7. The van der Waals surface area contributed by atoms with Gasteiger partial charge in [-0.15, -0.1) is 0 Å². The van der Waals surface area contributed by atoms with Gasteiger partial charge >= 0.3 is 12.1 Å². The number of esters is 1. The molecule has 0 spiro atoms. The van der Waals surface area contributed by atoms with Crippen molar-refractivity contribution in [1.82, 2.24) is 15.5 Å². The van der Waals surface area contributed by atoms with Gasteiger partial charge in [0.15, 0.2) is 0 Å². The van der Waals surface area contributed by atoms with Gasteiger partial charge in [0.05, 0.1) is 0 Å². The minimum Gasteiger partial charge on any atom is -0.508 e. The number of amides is 4. The molecule has 0 saturated carbocycles. The van der Waals surface area contributed by atoms with Crippen LogP contribution in [0.2, 0.25) is 0 Å². The quantitative estimate of drug-likeness (QED) is 0.225. The van der Waals surface area contributed by atoms with Gasteiger partial charge in [-0.25, -0.2) is 9.59 Å². The van der Waals surface area contributed by atoms with Crippen molar-refractivity contribution in [3.8, 4) is 5.75 Å². The number of carbonyl (C=O) groups excluding carboxylic acids is 5. The molecule has 0 aliphatic carbocycles. The van der Waals surface area contributed by atoms with E-state index in [1.807, 2.05) is 37.3 Å². The van der Waals surface area contributed by atoms with E-state index in [1.165, 1.54) is 29.2 Å². The van der Waals surface area contributed by atoms with E-state index in [-0.39, 0.29) is 31.6 Å². The molecule has 12 nitrogen and oxygen atoms in total. The molecule has 0 saturated heterocycles. The van der Waals surface area contributed by atoms with Crippen molar-refractivity contribution in [1.29, 1.82) is 0 Å². The second-order valence-corrected chi connectivity index (χ2v) is 13.0. The molecular formula is C34H48N4O8. The highest BCUT2D eigenvalue weighted by Gasteiger charge is 2.38. The van der Waals surface area contributed by atoms with Crippen molar-refractivity contribution in [2.24, 2.45) is 5.73 Å². The largest absolute Gasteiger partial charge is 0.508 e. The van der Waals surface area contributed by atoms with Gasteiger partial charge in [-0.05, 0) is 77.6 Å². The molecule has 2 aromatic carbocycles. The van der Waals surface area contributed by atoms with E-state index in [0.29, 0.717) is 12.0 Å². The average molecular weight is 641 g/mol. The topological polar surface area (TPSA) is 177 Å². The standard InChI is InChI=1S/C34H48N4O8/c1-8-20-38(30(42)25(18-19-27(35)40)37-32(44)46-34(5,6)7)28(23-14-16-24(39)17-15-23)29(41)36-26(31(43)45-33(2,3)4)21-22-12-10-9-11-13-22/h9-17,25-26,28,39H,8,18-21H2,1-7H3,(H2,35,40)(H,36,41)(H,37,44). The number of nitrogens with two attached hydrogens (primary N) is 1.